The normalized spacial score (nSPS) is 12.8. The third-order valence-electron chi connectivity index (χ3n) is 2.09. The molecular weight excluding hydrogens is 190 g/mol. The summed E-state index contributed by atoms with van der Waals surface area (Å²) in [6, 6.07) is 3.91. The van der Waals surface area contributed by atoms with Crippen molar-refractivity contribution >= 4 is 5.91 Å². The highest BCUT2D eigenvalue weighted by atomic mass is 16.3. The Hall–Kier alpha value is -1.25. The smallest absolute Gasteiger partial charge is 0.220 e. The molecule has 3 heteroatoms. The molecule has 1 amide bonds. The molecule has 0 saturated carbocycles. The summed E-state index contributed by atoms with van der Waals surface area (Å²) in [6.07, 6.45) is 2.98. The van der Waals surface area contributed by atoms with Gasteiger partial charge in [0.2, 0.25) is 5.91 Å². The summed E-state index contributed by atoms with van der Waals surface area (Å²) in [4.78, 5) is 11.5. The molecule has 1 rings (SSSR count). The molecule has 1 heterocycles. The van der Waals surface area contributed by atoms with Gasteiger partial charge in [-0.2, -0.15) is 0 Å². The molecule has 0 unspecified atom stereocenters. The maximum absolute atomic E-state index is 11.5. The molecule has 0 aromatic carbocycles. The second-order valence-corrected chi connectivity index (χ2v) is 4.35. The van der Waals surface area contributed by atoms with Crippen LogP contribution in [0.2, 0.25) is 0 Å². The van der Waals surface area contributed by atoms with Crippen molar-refractivity contribution in [1.29, 1.82) is 0 Å². The molecule has 0 fully saturated rings. The van der Waals surface area contributed by atoms with Crippen LogP contribution in [0.25, 0.3) is 0 Å². The molecule has 15 heavy (non-hydrogen) atoms. The fourth-order valence-electron chi connectivity index (χ4n) is 1.49. The average Bonchev–Trinajstić information content (AvgIpc) is 2.53. The number of hydrogen-bond acceptors (Lipinski definition) is 2. The molecular formula is C12H19NO2. The molecule has 0 saturated heterocycles. The highest BCUT2D eigenvalue weighted by Crippen LogP contribution is 2.05. The Bertz CT molecular complexity index is 291. The average molecular weight is 209 g/mol. The first-order chi connectivity index (χ1) is 7.08. The van der Waals surface area contributed by atoms with Crippen molar-refractivity contribution in [2.45, 2.75) is 39.7 Å². The number of nitrogens with one attached hydrogen (secondary N) is 1. The first-order valence-corrected chi connectivity index (χ1v) is 5.39. The van der Waals surface area contributed by atoms with Crippen molar-refractivity contribution in [3.8, 4) is 0 Å². The van der Waals surface area contributed by atoms with Crippen LogP contribution < -0.4 is 5.32 Å². The fraction of sp³-hybridized carbons (Fsp3) is 0.583. The zero-order chi connectivity index (χ0) is 11.3. The molecule has 0 aliphatic heterocycles. The minimum atomic E-state index is 0.115. The Labute approximate surface area is 90.9 Å². The largest absolute Gasteiger partial charge is 0.469 e. The first-order valence-electron chi connectivity index (χ1n) is 5.39. The summed E-state index contributed by atoms with van der Waals surface area (Å²) in [6.45, 7) is 6.06. The van der Waals surface area contributed by atoms with Gasteiger partial charge in [0, 0.05) is 18.9 Å². The number of rotatable bonds is 5. The summed E-state index contributed by atoms with van der Waals surface area (Å²) >= 11 is 0. The first kappa shape index (κ1) is 11.8. The van der Waals surface area contributed by atoms with E-state index in [1.165, 1.54) is 0 Å². The van der Waals surface area contributed by atoms with E-state index in [9.17, 15) is 4.79 Å². The predicted molar refractivity (Wildman–Crippen MR) is 59.5 cm³/mol. The van der Waals surface area contributed by atoms with Crippen LogP contribution in [-0.2, 0) is 11.2 Å². The predicted octanol–water partition coefficient (Wildman–Crippen LogP) is 2.37. The van der Waals surface area contributed by atoms with Gasteiger partial charge < -0.3 is 9.73 Å². The van der Waals surface area contributed by atoms with Crippen molar-refractivity contribution in [3.05, 3.63) is 24.2 Å². The van der Waals surface area contributed by atoms with Crippen LogP contribution in [0.5, 0.6) is 0 Å². The van der Waals surface area contributed by atoms with E-state index in [0.717, 1.165) is 12.2 Å². The third kappa shape index (κ3) is 4.68. The van der Waals surface area contributed by atoms with E-state index in [1.807, 2.05) is 32.9 Å². The minimum absolute atomic E-state index is 0.115. The van der Waals surface area contributed by atoms with Crippen molar-refractivity contribution in [2.75, 3.05) is 0 Å². The Balaban J connectivity index is 2.29. The van der Waals surface area contributed by atoms with Crippen LogP contribution in [0.4, 0.5) is 0 Å². The second kappa shape index (κ2) is 5.59. The summed E-state index contributed by atoms with van der Waals surface area (Å²) in [5, 5.41) is 2.95. The van der Waals surface area contributed by atoms with Crippen LogP contribution in [0.1, 0.15) is 33.0 Å². The molecule has 3 nitrogen and oxygen atoms in total. The summed E-state index contributed by atoms with van der Waals surface area (Å²) in [5.74, 6) is 1.43. The quantitative estimate of drug-likeness (QED) is 0.809. The topological polar surface area (TPSA) is 42.2 Å². The van der Waals surface area contributed by atoms with E-state index in [1.54, 1.807) is 6.26 Å². The van der Waals surface area contributed by atoms with E-state index in [0.29, 0.717) is 12.3 Å². The maximum atomic E-state index is 11.5. The van der Waals surface area contributed by atoms with Crippen LogP contribution in [-0.4, -0.2) is 11.9 Å². The van der Waals surface area contributed by atoms with Gasteiger partial charge in [0.25, 0.3) is 0 Å². The fourth-order valence-corrected chi connectivity index (χ4v) is 1.49. The molecule has 1 aromatic heterocycles. The lowest BCUT2D eigenvalue weighted by Crippen LogP contribution is -2.34. The van der Waals surface area contributed by atoms with Gasteiger partial charge >= 0.3 is 0 Å². The molecule has 1 aromatic rings. The third-order valence-corrected chi connectivity index (χ3v) is 2.09. The van der Waals surface area contributed by atoms with E-state index < -0.39 is 0 Å². The molecule has 0 spiro atoms. The molecule has 1 N–H and O–H groups in total. The Morgan fingerprint density at radius 3 is 2.73 bits per heavy atom. The summed E-state index contributed by atoms with van der Waals surface area (Å²) < 4.78 is 5.22. The molecule has 0 bridgehead atoms. The van der Waals surface area contributed by atoms with Crippen LogP contribution in [0.15, 0.2) is 22.8 Å². The van der Waals surface area contributed by atoms with Crippen LogP contribution in [0.3, 0.4) is 0 Å². The van der Waals surface area contributed by atoms with Crippen molar-refractivity contribution < 1.29 is 9.21 Å². The van der Waals surface area contributed by atoms with Gasteiger partial charge in [-0.1, -0.05) is 13.8 Å². The van der Waals surface area contributed by atoms with Gasteiger partial charge in [0.15, 0.2) is 0 Å². The highest BCUT2D eigenvalue weighted by molar-refractivity contribution is 5.76. The van der Waals surface area contributed by atoms with Gasteiger partial charge in [0.05, 0.1) is 6.26 Å². The monoisotopic (exact) mass is 209 g/mol. The zero-order valence-corrected chi connectivity index (χ0v) is 9.62. The van der Waals surface area contributed by atoms with Gasteiger partial charge in [0.1, 0.15) is 5.76 Å². The number of hydrogen-bond donors (Lipinski definition) is 1. The van der Waals surface area contributed by atoms with Gasteiger partial charge in [-0.25, -0.2) is 0 Å². The Morgan fingerprint density at radius 1 is 1.47 bits per heavy atom. The molecule has 1 atom stereocenters. The maximum Gasteiger partial charge on any atom is 0.220 e. The Morgan fingerprint density at radius 2 is 2.20 bits per heavy atom. The van der Waals surface area contributed by atoms with Crippen LogP contribution in [0, 0.1) is 5.92 Å². The number of carbonyl (C=O) groups is 1. The van der Waals surface area contributed by atoms with Crippen molar-refractivity contribution in [1.82, 2.24) is 5.32 Å². The molecule has 84 valence electrons. The van der Waals surface area contributed by atoms with E-state index >= 15 is 0 Å². The van der Waals surface area contributed by atoms with E-state index in [2.05, 4.69) is 5.32 Å². The van der Waals surface area contributed by atoms with Crippen LogP contribution >= 0.6 is 0 Å². The SMILES string of the molecule is CC(C)CC(=O)N[C@H](C)Cc1ccco1. The summed E-state index contributed by atoms with van der Waals surface area (Å²) in [5.41, 5.74) is 0. The lowest BCUT2D eigenvalue weighted by molar-refractivity contribution is -0.122. The highest BCUT2D eigenvalue weighted by Gasteiger charge is 2.10. The van der Waals surface area contributed by atoms with Crippen molar-refractivity contribution in [2.24, 2.45) is 5.92 Å². The van der Waals surface area contributed by atoms with Crippen molar-refractivity contribution in [3.63, 3.8) is 0 Å². The number of amides is 1. The van der Waals surface area contributed by atoms with Gasteiger partial charge in [-0.15, -0.1) is 0 Å². The van der Waals surface area contributed by atoms with Gasteiger partial charge in [-0.3, -0.25) is 4.79 Å². The standard InChI is InChI=1S/C12H19NO2/c1-9(2)7-12(14)13-10(3)8-11-5-4-6-15-11/h4-6,9-10H,7-8H2,1-3H3,(H,13,14)/t10-/m1/s1. The second-order valence-electron chi connectivity index (χ2n) is 4.35. The van der Waals surface area contributed by atoms with E-state index in [4.69, 9.17) is 4.42 Å². The van der Waals surface area contributed by atoms with Gasteiger partial charge in [-0.05, 0) is 25.0 Å². The summed E-state index contributed by atoms with van der Waals surface area (Å²) in [7, 11) is 0. The lowest BCUT2D eigenvalue weighted by atomic mass is 10.1. The minimum Gasteiger partial charge on any atom is -0.469 e. The Kier molecular flexibility index (Phi) is 4.40. The lowest BCUT2D eigenvalue weighted by Gasteiger charge is -2.13. The number of furan rings is 1. The molecule has 0 radical (unpaired) electrons. The number of carbonyl (C=O) groups excluding carboxylic acids is 1. The zero-order valence-electron chi connectivity index (χ0n) is 9.62. The molecule has 0 aliphatic carbocycles. The van der Waals surface area contributed by atoms with E-state index in [-0.39, 0.29) is 11.9 Å². The molecule has 0 aliphatic rings.